The van der Waals surface area contributed by atoms with E-state index in [2.05, 4.69) is 76.3 Å². The Kier molecular flexibility index (Phi) is 39.5. The van der Waals surface area contributed by atoms with Gasteiger partial charge in [-0.15, -0.1) is 12.8 Å². The minimum Gasteiger partial charge on any atom is -0.462 e. The van der Waals surface area contributed by atoms with E-state index < -0.39 is 0 Å². The maximum atomic E-state index is 12.2. The Labute approximate surface area is 250 Å². The molecule has 1 rings (SSSR count). The van der Waals surface area contributed by atoms with Gasteiger partial charge in [0.15, 0.2) is 0 Å². The minimum atomic E-state index is -0.389. The summed E-state index contributed by atoms with van der Waals surface area (Å²) in [6, 6.07) is 7.62. The molecule has 1 aromatic carbocycles. The van der Waals surface area contributed by atoms with Gasteiger partial charge in [0.25, 0.3) is 0 Å². The van der Waals surface area contributed by atoms with Crippen molar-refractivity contribution < 1.29 is 22.0 Å². The molecule has 0 bridgehead atoms. The lowest BCUT2D eigenvalue weighted by molar-refractivity contribution is -0.149. The van der Waals surface area contributed by atoms with E-state index in [0.717, 1.165) is 25.2 Å². The van der Waals surface area contributed by atoms with Gasteiger partial charge in [0.2, 0.25) is 0 Å². The van der Waals surface area contributed by atoms with Gasteiger partial charge in [-0.3, -0.25) is 4.79 Å². The lowest BCUT2D eigenvalue weighted by Gasteiger charge is -2.25. The smallest absolute Gasteiger partial charge is 0.338 e. The summed E-state index contributed by atoms with van der Waals surface area (Å²) in [6.07, 6.45) is 16.0. The van der Waals surface area contributed by atoms with Crippen molar-refractivity contribution in [3.8, 4) is 12.8 Å². The molecule has 1 aromatic rings. The number of nitrogens with zero attached hydrogens (tertiary/aromatic N) is 1. The van der Waals surface area contributed by atoms with Gasteiger partial charge in [-0.25, -0.2) is 4.79 Å². The van der Waals surface area contributed by atoms with Gasteiger partial charge in [0.1, 0.15) is 13.2 Å². The number of hydrogen-bond acceptors (Lipinski definition) is 9. The highest BCUT2D eigenvalue weighted by atomic mass is 32.8. The molecule has 216 valence electrons. The largest absolute Gasteiger partial charge is 0.462 e. The molecule has 37 heavy (non-hydrogen) atoms. The zero-order valence-electron chi connectivity index (χ0n) is 23.5. The third kappa shape index (κ3) is 23.3. The second kappa shape index (κ2) is 34.4. The minimum absolute atomic E-state index is 0. The van der Waals surface area contributed by atoms with E-state index in [1.54, 1.807) is 0 Å². The van der Waals surface area contributed by atoms with Gasteiger partial charge in [0.05, 0.1) is 11.5 Å². The summed E-state index contributed by atoms with van der Waals surface area (Å²) >= 11 is 14.7. The van der Waals surface area contributed by atoms with Crippen molar-refractivity contribution in [2.75, 3.05) is 31.2 Å². The SMILES string of the molecule is C.C.C#C.CCCCCN(CCCCC)c1ccc(C(=O)OCCOC(=O)C(C)CC)cc1.S=S.S=S.[2H][2H]. The van der Waals surface area contributed by atoms with Crippen molar-refractivity contribution in [3.63, 3.8) is 0 Å². The standard InChI is InChI=1S/C24H39NO4.C2H2.2CH4.2S2.H2/c1-5-8-10-16-25(17-11-9-6-2)22-14-12-21(13-15-22)24(27)29-19-18-28-23(26)20(4)7-3;1-2;;;2*1-2;/h12-15,20H,5-11,16-19H2,1-4H3;1-2H;2*1H4;;;1H/i;;;;;;1+1D. The van der Waals surface area contributed by atoms with Gasteiger partial charge in [-0.1, -0.05) is 68.2 Å². The Morgan fingerprint density at radius 1 is 0.865 bits per heavy atom. The summed E-state index contributed by atoms with van der Waals surface area (Å²) in [5.74, 6) is -0.769. The zero-order valence-corrected chi connectivity index (χ0v) is 24.8. The van der Waals surface area contributed by atoms with Gasteiger partial charge in [0, 0.05) is 66.5 Å². The van der Waals surface area contributed by atoms with Crippen molar-refractivity contribution in [2.45, 2.75) is 87.5 Å². The number of anilines is 1. The molecule has 0 aliphatic heterocycles. The topological polar surface area (TPSA) is 55.8 Å². The van der Waals surface area contributed by atoms with Crippen molar-refractivity contribution in [3.05, 3.63) is 29.8 Å². The van der Waals surface area contributed by atoms with Gasteiger partial charge in [-0.2, -0.15) is 0 Å². The molecule has 0 aromatic heterocycles. The van der Waals surface area contributed by atoms with Crippen LogP contribution in [0.3, 0.4) is 0 Å². The molecule has 0 N–H and O–H groups in total. The Bertz CT molecular complexity index is 671. The molecular formula is C28H51NO4S4. The number of hydrogen-bond donors (Lipinski definition) is 0. The quantitative estimate of drug-likeness (QED) is 0.117. The van der Waals surface area contributed by atoms with Crippen LogP contribution in [-0.2, 0) is 59.0 Å². The first-order valence-electron chi connectivity index (χ1n) is 12.9. The summed E-state index contributed by atoms with van der Waals surface area (Å²) in [5, 5.41) is 0. The monoisotopic (exact) mass is 595 g/mol. The van der Waals surface area contributed by atoms with Crippen LogP contribution >= 0.6 is 0 Å². The molecule has 5 nitrogen and oxygen atoms in total. The third-order valence-electron chi connectivity index (χ3n) is 5.11. The molecule has 0 amide bonds. The van der Waals surface area contributed by atoms with E-state index in [-0.39, 0.29) is 45.9 Å². The van der Waals surface area contributed by atoms with Crippen LogP contribution < -0.4 is 4.90 Å². The van der Waals surface area contributed by atoms with Gasteiger partial charge in [-0.05, 0) is 43.5 Å². The molecule has 0 saturated heterocycles. The Hall–Kier alpha value is -1.60. The van der Waals surface area contributed by atoms with Crippen LogP contribution in [0.4, 0.5) is 5.69 Å². The van der Waals surface area contributed by atoms with E-state index in [1.807, 2.05) is 38.1 Å². The average molecular weight is 596 g/mol. The van der Waals surface area contributed by atoms with Crippen LogP contribution in [0.5, 0.6) is 0 Å². The van der Waals surface area contributed by atoms with E-state index >= 15 is 0 Å². The number of unbranched alkanes of at least 4 members (excludes halogenated alkanes) is 4. The molecule has 9 heteroatoms. The summed E-state index contributed by atoms with van der Waals surface area (Å²) < 4.78 is 20.3. The van der Waals surface area contributed by atoms with E-state index in [9.17, 15) is 9.59 Å². The summed E-state index contributed by atoms with van der Waals surface area (Å²) in [6.45, 7) is 10.4. The number of terminal acetylenes is 1. The van der Waals surface area contributed by atoms with Crippen LogP contribution in [0, 0.1) is 18.8 Å². The fourth-order valence-corrected chi connectivity index (χ4v) is 2.95. The van der Waals surface area contributed by atoms with Crippen LogP contribution in [0.2, 0.25) is 0 Å². The van der Waals surface area contributed by atoms with Crippen molar-refractivity contribution >= 4 is 62.4 Å². The highest BCUT2D eigenvalue weighted by Gasteiger charge is 2.13. The molecule has 1 unspecified atom stereocenters. The number of esters is 2. The summed E-state index contributed by atoms with van der Waals surface area (Å²) in [4.78, 5) is 26.2. The number of ether oxygens (including phenoxy) is 2. The highest BCUT2D eigenvalue weighted by Crippen LogP contribution is 2.18. The number of benzene rings is 1. The van der Waals surface area contributed by atoms with Crippen molar-refractivity contribution in [2.24, 2.45) is 5.92 Å². The fraction of sp³-hybridized carbons (Fsp3) is 0.643. The molecule has 0 spiro atoms. The highest BCUT2D eigenvalue weighted by molar-refractivity contribution is 8.07. The number of carbonyl (C=O) groups is 2. The molecule has 0 saturated carbocycles. The molecule has 0 radical (unpaired) electrons. The predicted octanol–water partition coefficient (Wildman–Crippen LogP) is 7.38. The molecule has 0 aliphatic carbocycles. The summed E-state index contributed by atoms with van der Waals surface area (Å²) in [5.41, 5.74) is 1.67. The first kappa shape index (κ1) is 42.5. The predicted molar refractivity (Wildman–Crippen MR) is 173 cm³/mol. The van der Waals surface area contributed by atoms with Gasteiger partial charge >= 0.3 is 11.9 Å². The van der Waals surface area contributed by atoms with Crippen LogP contribution in [0.1, 0.15) is 101 Å². The zero-order chi connectivity index (χ0) is 29.5. The second-order valence-corrected chi connectivity index (χ2v) is 7.56. The third-order valence-corrected chi connectivity index (χ3v) is 5.11. The van der Waals surface area contributed by atoms with E-state index in [4.69, 9.17) is 12.4 Å². The van der Waals surface area contributed by atoms with Crippen molar-refractivity contribution in [1.82, 2.24) is 0 Å². The van der Waals surface area contributed by atoms with E-state index in [0.29, 0.717) is 5.56 Å². The maximum absolute atomic E-state index is 12.2. The molecule has 0 heterocycles. The summed E-state index contributed by atoms with van der Waals surface area (Å²) in [7, 11) is 0. The normalized spacial score (nSPS) is 9.68. The molecular weight excluding hydrogens is 543 g/mol. The van der Waals surface area contributed by atoms with Crippen LogP contribution in [-0.4, -0.2) is 38.2 Å². The molecule has 0 aliphatic rings. The Morgan fingerprint density at radius 2 is 1.30 bits per heavy atom. The first-order chi connectivity index (χ1) is 18.0. The lowest BCUT2D eigenvalue weighted by Crippen LogP contribution is -2.25. The van der Waals surface area contributed by atoms with Crippen molar-refractivity contribution in [1.29, 1.82) is 0 Å². The molecule has 1 atom stereocenters. The average Bonchev–Trinajstić information content (AvgIpc) is 2.98. The number of carbonyl (C=O) groups excluding carboxylic acids is 2. The number of rotatable bonds is 15. The van der Waals surface area contributed by atoms with Crippen LogP contribution in [0.15, 0.2) is 24.3 Å². The van der Waals surface area contributed by atoms with Crippen LogP contribution in [0.25, 0.3) is 0 Å². The van der Waals surface area contributed by atoms with Gasteiger partial charge < -0.3 is 14.4 Å². The maximum Gasteiger partial charge on any atom is 0.338 e. The fourth-order valence-electron chi connectivity index (χ4n) is 2.95. The molecule has 0 fully saturated rings. The second-order valence-electron chi connectivity index (χ2n) is 7.56. The first-order valence-corrected chi connectivity index (χ1v) is 14.6. The Morgan fingerprint density at radius 3 is 1.70 bits per heavy atom. The lowest BCUT2D eigenvalue weighted by atomic mass is 10.1. The van der Waals surface area contributed by atoms with E-state index in [1.165, 1.54) is 38.5 Å². The Balaban J connectivity index is -0.000000248.